The van der Waals surface area contributed by atoms with Crippen LogP contribution in [0, 0.1) is 17.8 Å². The summed E-state index contributed by atoms with van der Waals surface area (Å²) in [4.78, 5) is 53.3. The second kappa shape index (κ2) is 11.3. The van der Waals surface area contributed by atoms with E-state index in [-0.39, 0.29) is 35.5 Å². The van der Waals surface area contributed by atoms with Crippen molar-refractivity contribution in [2.24, 2.45) is 23.5 Å². The number of ketones is 3. The predicted octanol–water partition coefficient (Wildman–Crippen LogP) is 3.18. The molecule has 2 aromatic carbocycles. The molecule has 1 amide bonds. The third-order valence-corrected chi connectivity index (χ3v) is 9.27. The molecule has 1 saturated carbocycles. The number of amides is 1. The van der Waals surface area contributed by atoms with Gasteiger partial charge in [-0.25, -0.2) is 0 Å². The Balaban J connectivity index is 1.57. The third kappa shape index (κ3) is 4.92. The normalized spacial score (nSPS) is 24.8. The van der Waals surface area contributed by atoms with Gasteiger partial charge in [0.25, 0.3) is 5.91 Å². The SMILES string of the molecule is CC(C)CCC(=O)Cc1ccc(-c2ccc(O)c3c2C[C@@H]2C[C@@H]4[C@@H](N(C)C)C(=O)C(C(N)=O)=C(O)[C@]4(O)C(=O)C2=C3O)cc1. The molecule has 0 bridgehead atoms. The number of hydrogen-bond acceptors (Lipinski definition) is 9. The first-order valence-electron chi connectivity index (χ1n) is 14.8. The number of aliphatic hydroxyl groups excluding tert-OH is 2. The van der Waals surface area contributed by atoms with E-state index in [0.717, 1.165) is 17.5 Å². The number of aromatic hydroxyl groups is 1. The highest BCUT2D eigenvalue weighted by Crippen LogP contribution is 2.53. The number of carbonyl (C=O) groups excluding carboxylic acids is 4. The Labute approximate surface area is 255 Å². The third-order valence-electron chi connectivity index (χ3n) is 9.27. The van der Waals surface area contributed by atoms with E-state index in [4.69, 9.17) is 5.73 Å². The van der Waals surface area contributed by atoms with Gasteiger partial charge < -0.3 is 26.2 Å². The molecule has 4 atom stereocenters. The summed E-state index contributed by atoms with van der Waals surface area (Å²) in [7, 11) is 3.12. The molecule has 0 unspecified atom stereocenters. The minimum atomic E-state index is -2.68. The van der Waals surface area contributed by atoms with E-state index in [1.54, 1.807) is 20.2 Å². The van der Waals surface area contributed by atoms with Crippen LogP contribution in [0.15, 0.2) is 53.3 Å². The average Bonchev–Trinajstić information content (AvgIpc) is 2.94. The van der Waals surface area contributed by atoms with Gasteiger partial charge in [-0.2, -0.15) is 0 Å². The molecule has 0 spiro atoms. The summed E-state index contributed by atoms with van der Waals surface area (Å²) in [5, 5.41) is 45.1. The van der Waals surface area contributed by atoms with Crippen LogP contribution >= 0.6 is 0 Å². The van der Waals surface area contributed by atoms with E-state index in [0.29, 0.717) is 29.9 Å². The van der Waals surface area contributed by atoms with E-state index in [1.165, 1.54) is 11.0 Å². The second-order valence-electron chi connectivity index (χ2n) is 12.8. The van der Waals surface area contributed by atoms with Crippen molar-refractivity contribution in [3.8, 4) is 16.9 Å². The molecule has 0 aliphatic heterocycles. The quantitative estimate of drug-likeness (QED) is 0.284. The molecule has 0 saturated heterocycles. The van der Waals surface area contributed by atoms with Gasteiger partial charge in [-0.15, -0.1) is 0 Å². The van der Waals surface area contributed by atoms with Crippen LogP contribution < -0.4 is 5.73 Å². The van der Waals surface area contributed by atoms with Gasteiger partial charge in [-0.1, -0.05) is 44.2 Å². The molecular formula is C34H38N2O8. The highest BCUT2D eigenvalue weighted by molar-refractivity contribution is 6.24. The number of fused-ring (bicyclic) bond motifs is 3. The van der Waals surface area contributed by atoms with Crippen LogP contribution in [-0.2, 0) is 32.0 Å². The lowest BCUT2D eigenvalue weighted by molar-refractivity contribution is -0.153. The number of phenolic OH excluding ortho intramolecular Hbond substituents is 1. The van der Waals surface area contributed by atoms with Gasteiger partial charge in [0.15, 0.2) is 11.4 Å². The van der Waals surface area contributed by atoms with Crippen molar-refractivity contribution in [3.63, 3.8) is 0 Å². The zero-order chi connectivity index (χ0) is 32.2. The first-order valence-corrected chi connectivity index (χ1v) is 14.8. The summed E-state index contributed by atoms with van der Waals surface area (Å²) in [5.41, 5.74) is 4.63. The standard InChI is InChI=1S/C34H38N2O8/c1-16(2)5-10-20(37)13-17-6-8-18(9-7-17)21-11-12-24(38)26-22(21)14-19-15-23-28(36(3)4)30(40)27(33(35)43)32(42)34(23,44)31(41)25(19)29(26)39/h6-9,11-12,16,19,23,28,38-39,42,44H,5,10,13-15H2,1-4H3,(H2,35,43)/t19-,23-,28-,34-/m1/s1. The van der Waals surface area contributed by atoms with E-state index >= 15 is 0 Å². The van der Waals surface area contributed by atoms with E-state index in [1.807, 2.05) is 24.3 Å². The number of likely N-dealkylation sites (N-methyl/N-ethyl adjacent to an activating group) is 1. The maximum atomic E-state index is 14.0. The van der Waals surface area contributed by atoms with Crippen molar-refractivity contribution in [2.45, 2.75) is 57.6 Å². The minimum Gasteiger partial charge on any atom is -0.508 e. The predicted molar refractivity (Wildman–Crippen MR) is 162 cm³/mol. The van der Waals surface area contributed by atoms with Crippen LogP contribution in [0.3, 0.4) is 0 Å². The van der Waals surface area contributed by atoms with Crippen LogP contribution in [0.2, 0.25) is 0 Å². The molecule has 5 rings (SSSR count). The molecule has 232 valence electrons. The molecule has 6 N–H and O–H groups in total. The molecular weight excluding hydrogens is 564 g/mol. The monoisotopic (exact) mass is 602 g/mol. The Morgan fingerprint density at radius 1 is 1.05 bits per heavy atom. The lowest BCUT2D eigenvalue weighted by Gasteiger charge is -2.50. The number of nitrogens with zero attached hydrogens (tertiary/aromatic N) is 1. The summed E-state index contributed by atoms with van der Waals surface area (Å²) in [6.45, 7) is 4.16. The van der Waals surface area contributed by atoms with Gasteiger partial charge in [-0.3, -0.25) is 24.1 Å². The smallest absolute Gasteiger partial charge is 0.255 e. The van der Waals surface area contributed by atoms with Crippen molar-refractivity contribution in [1.82, 2.24) is 4.90 Å². The highest BCUT2D eigenvalue weighted by Gasteiger charge is 2.64. The largest absolute Gasteiger partial charge is 0.508 e. The van der Waals surface area contributed by atoms with Gasteiger partial charge in [0.1, 0.15) is 28.6 Å². The van der Waals surface area contributed by atoms with Gasteiger partial charge in [-0.05, 0) is 73.5 Å². The summed E-state index contributed by atoms with van der Waals surface area (Å²) in [6.07, 6.45) is 1.88. The number of rotatable bonds is 8. The van der Waals surface area contributed by atoms with Crippen LogP contribution in [0.5, 0.6) is 5.75 Å². The van der Waals surface area contributed by atoms with Gasteiger partial charge in [0.2, 0.25) is 5.78 Å². The Kier molecular flexibility index (Phi) is 8.02. The average molecular weight is 603 g/mol. The fourth-order valence-electron chi connectivity index (χ4n) is 7.08. The molecule has 0 radical (unpaired) electrons. The number of Topliss-reactive ketones (excluding diaryl/α,β-unsaturated/α-hetero) is 3. The maximum Gasteiger partial charge on any atom is 0.255 e. The molecule has 0 aromatic heterocycles. The van der Waals surface area contributed by atoms with Crippen LogP contribution in [0.1, 0.15) is 49.8 Å². The molecule has 10 nitrogen and oxygen atoms in total. The number of carbonyl (C=O) groups is 4. The van der Waals surface area contributed by atoms with Crippen molar-refractivity contribution in [3.05, 3.63) is 70.0 Å². The van der Waals surface area contributed by atoms with Crippen molar-refractivity contribution in [1.29, 1.82) is 0 Å². The van der Waals surface area contributed by atoms with Crippen LogP contribution in [0.4, 0.5) is 0 Å². The summed E-state index contributed by atoms with van der Waals surface area (Å²) in [6, 6.07) is 9.46. The maximum absolute atomic E-state index is 14.0. The topological polar surface area (TPSA) is 178 Å². The Hall–Kier alpha value is -4.28. The molecule has 10 heteroatoms. The number of hydrogen-bond donors (Lipinski definition) is 5. The lowest BCUT2D eigenvalue weighted by Crippen LogP contribution is -2.65. The number of primary amides is 1. The Morgan fingerprint density at radius 2 is 1.70 bits per heavy atom. The zero-order valence-corrected chi connectivity index (χ0v) is 25.3. The van der Waals surface area contributed by atoms with Gasteiger partial charge in [0.05, 0.1) is 11.6 Å². The van der Waals surface area contributed by atoms with Gasteiger partial charge in [0, 0.05) is 24.3 Å². The Morgan fingerprint density at radius 3 is 2.30 bits per heavy atom. The van der Waals surface area contributed by atoms with E-state index in [2.05, 4.69) is 13.8 Å². The molecule has 3 aliphatic carbocycles. The lowest BCUT2D eigenvalue weighted by atomic mass is 9.57. The number of phenols is 1. The van der Waals surface area contributed by atoms with E-state index in [9.17, 15) is 39.6 Å². The zero-order valence-electron chi connectivity index (χ0n) is 25.3. The first-order chi connectivity index (χ1) is 20.7. The summed E-state index contributed by atoms with van der Waals surface area (Å²) >= 11 is 0. The van der Waals surface area contributed by atoms with Gasteiger partial charge >= 0.3 is 0 Å². The summed E-state index contributed by atoms with van der Waals surface area (Å²) < 4.78 is 0. The molecule has 2 aromatic rings. The Bertz CT molecular complexity index is 1630. The van der Waals surface area contributed by atoms with Crippen LogP contribution in [-0.4, -0.2) is 74.3 Å². The molecule has 3 aliphatic rings. The minimum absolute atomic E-state index is 0.0122. The highest BCUT2D eigenvalue weighted by atomic mass is 16.3. The van der Waals surface area contributed by atoms with E-state index < -0.39 is 58.0 Å². The first kappa shape index (κ1) is 31.2. The fourth-order valence-corrected chi connectivity index (χ4v) is 7.08. The van der Waals surface area contributed by atoms with Crippen molar-refractivity contribution >= 4 is 29.0 Å². The van der Waals surface area contributed by atoms with Crippen LogP contribution in [0.25, 0.3) is 16.9 Å². The number of aliphatic hydroxyl groups is 3. The molecule has 0 heterocycles. The van der Waals surface area contributed by atoms with Crippen molar-refractivity contribution in [2.75, 3.05) is 14.1 Å². The summed E-state index contributed by atoms with van der Waals surface area (Å²) in [5.74, 6) is -6.24. The number of benzene rings is 2. The van der Waals surface area contributed by atoms with Crippen molar-refractivity contribution < 1.29 is 39.6 Å². The number of nitrogens with two attached hydrogens (primary N) is 1. The molecule has 44 heavy (non-hydrogen) atoms. The fraction of sp³-hybridized carbons (Fsp3) is 0.412. The molecule has 1 fully saturated rings. The second-order valence-corrected chi connectivity index (χ2v) is 12.8.